The zero-order chi connectivity index (χ0) is 8.48. The average molecular weight is 243 g/mol. The molecule has 1 saturated heterocycles. The van der Waals surface area contributed by atoms with Gasteiger partial charge in [0.25, 0.3) is 0 Å². The Bertz CT molecular complexity index is 224. The zero-order valence-corrected chi connectivity index (χ0v) is 8.69. The summed E-state index contributed by atoms with van der Waals surface area (Å²) in [5, 5.41) is -0.340. The third-order valence-corrected chi connectivity index (χ3v) is 5.27. The topological polar surface area (TPSA) is 43.4 Å². The third-order valence-electron chi connectivity index (χ3n) is 1.83. The molecule has 1 aliphatic rings. The first-order chi connectivity index (χ1) is 5.08. The molecule has 66 valence electrons. The Labute approximate surface area is 75.2 Å². The Morgan fingerprint density at radius 1 is 1.55 bits per heavy atom. The summed E-state index contributed by atoms with van der Waals surface area (Å²) in [5.41, 5.74) is 0. The van der Waals surface area contributed by atoms with E-state index in [-0.39, 0.29) is 15.8 Å². The van der Waals surface area contributed by atoms with Crippen LogP contribution in [0.2, 0.25) is 0 Å². The summed E-state index contributed by atoms with van der Waals surface area (Å²) in [6.07, 6.45) is 0. The molecule has 1 heterocycles. The van der Waals surface area contributed by atoms with Crippen molar-refractivity contribution in [2.45, 2.75) is 17.0 Å². The van der Waals surface area contributed by atoms with Gasteiger partial charge >= 0.3 is 0 Å². The van der Waals surface area contributed by atoms with Crippen molar-refractivity contribution in [1.29, 1.82) is 0 Å². The molecule has 0 saturated carbocycles. The van der Waals surface area contributed by atoms with Gasteiger partial charge in [0.2, 0.25) is 0 Å². The van der Waals surface area contributed by atoms with Crippen LogP contribution in [0, 0.1) is 0 Å². The van der Waals surface area contributed by atoms with Gasteiger partial charge in [0, 0.05) is 5.75 Å². The maximum atomic E-state index is 11.3. The van der Waals surface area contributed by atoms with E-state index in [0.717, 1.165) is 0 Å². The first-order valence-electron chi connectivity index (χ1n) is 3.51. The second kappa shape index (κ2) is 3.41. The van der Waals surface area contributed by atoms with Gasteiger partial charge in [0.1, 0.15) is 0 Å². The fraction of sp³-hybridized carbons (Fsp3) is 1.00. The highest BCUT2D eigenvalue weighted by atomic mass is 79.9. The van der Waals surface area contributed by atoms with E-state index in [9.17, 15) is 8.42 Å². The third kappa shape index (κ3) is 1.95. The summed E-state index contributed by atoms with van der Waals surface area (Å²) >= 11 is 3.28. The van der Waals surface area contributed by atoms with E-state index in [0.29, 0.717) is 13.2 Å². The van der Waals surface area contributed by atoms with E-state index in [1.165, 1.54) is 0 Å². The predicted octanol–water partition coefficient (Wildman–Crippen LogP) is 0.583. The van der Waals surface area contributed by atoms with E-state index < -0.39 is 9.84 Å². The van der Waals surface area contributed by atoms with Gasteiger partial charge in [-0.05, 0) is 0 Å². The lowest BCUT2D eigenvalue weighted by molar-refractivity contribution is 0.200. The first kappa shape index (κ1) is 9.48. The van der Waals surface area contributed by atoms with Gasteiger partial charge in [-0.15, -0.1) is 0 Å². The molecule has 0 aliphatic carbocycles. The molecule has 0 aromatic rings. The van der Waals surface area contributed by atoms with Crippen molar-refractivity contribution in [3.05, 3.63) is 0 Å². The minimum absolute atomic E-state index is 0.0209. The summed E-state index contributed by atoms with van der Waals surface area (Å²) in [7, 11) is -2.92. The van der Waals surface area contributed by atoms with Gasteiger partial charge in [-0.1, -0.05) is 22.9 Å². The van der Waals surface area contributed by atoms with E-state index in [4.69, 9.17) is 4.74 Å². The summed E-state index contributed by atoms with van der Waals surface area (Å²) in [5.74, 6) is 0.198. The summed E-state index contributed by atoms with van der Waals surface area (Å²) in [4.78, 5) is -0.0209. The molecule has 2 unspecified atom stereocenters. The molecule has 0 radical (unpaired) electrons. The Hall–Kier alpha value is 0.390. The number of alkyl halides is 1. The minimum atomic E-state index is -2.92. The summed E-state index contributed by atoms with van der Waals surface area (Å²) < 4.78 is 27.6. The van der Waals surface area contributed by atoms with Crippen LogP contribution in [0.5, 0.6) is 0 Å². The molecule has 0 N–H and O–H groups in total. The molecule has 5 heteroatoms. The number of ether oxygens (including phenoxy) is 1. The molecule has 0 aromatic heterocycles. The predicted molar refractivity (Wildman–Crippen MR) is 46.8 cm³/mol. The monoisotopic (exact) mass is 242 g/mol. The van der Waals surface area contributed by atoms with Crippen molar-refractivity contribution >= 4 is 25.8 Å². The smallest absolute Gasteiger partial charge is 0.156 e. The second-order valence-electron chi connectivity index (χ2n) is 2.54. The normalized spacial score (nSPS) is 32.5. The molecule has 0 spiro atoms. The van der Waals surface area contributed by atoms with Crippen LogP contribution < -0.4 is 0 Å². The fourth-order valence-electron chi connectivity index (χ4n) is 1.05. The van der Waals surface area contributed by atoms with E-state index in [2.05, 4.69) is 15.9 Å². The van der Waals surface area contributed by atoms with Gasteiger partial charge in [0.15, 0.2) is 9.84 Å². The van der Waals surface area contributed by atoms with Crippen molar-refractivity contribution in [2.24, 2.45) is 0 Å². The van der Waals surface area contributed by atoms with Gasteiger partial charge in [-0.25, -0.2) is 8.42 Å². The molecule has 1 aliphatic heterocycles. The van der Waals surface area contributed by atoms with Gasteiger partial charge in [-0.3, -0.25) is 0 Å². The van der Waals surface area contributed by atoms with Crippen LogP contribution in [-0.2, 0) is 14.6 Å². The lowest BCUT2D eigenvalue weighted by Gasteiger charge is -2.10. The summed E-state index contributed by atoms with van der Waals surface area (Å²) in [6.45, 7) is 2.50. The van der Waals surface area contributed by atoms with Crippen LogP contribution in [0.1, 0.15) is 6.92 Å². The highest BCUT2D eigenvalue weighted by Gasteiger charge is 2.35. The summed E-state index contributed by atoms with van der Waals surface area (Å²) in [6, 6.07) is 0. The standard InChI is InChI=1S/C6H11BrO3S/c1-2-11(8,9)6-4-10-3-5(6)7/h5-6H,2-4H2,1H3. The lowest BCUT2D eigenvalue weighted by Crippen LogP contribution is -2.30. The first-order valence-corrected chi connectivity index (χ1v) is 6.14. The minimum Gasteiger partial charge on any atom is -0.379 e. The molecule has 0 bridgehead atoms. The van der Waals surface area contributed by atoms with Gasteiger partial charge in [-0.2, -0.15) is 0 Å². The average Bonchev–Trinajstić information content (AvgIpc) is 2.36. The lowest BCUT2D eigenvalue weighted by atomic mass is 10.4. The van der Waals surface area contributed by atoms with Crippen LogP contribution in [0.3, 0.4) is 0 Å². The zero-order valence-electron chi connectivity index (χ0n) is 6.29. The quantitative estimate of drug-likeness (QED) is 0.666. The molecular weight excluding hydrogens is 232 g/mol. The van der Waals surface area contributed by atoms with Crippen molar-refractivity contribution in [3.8, 4) is 0 Å². The van der Waals surface area contributed by atoms with Crippen LogP contribution in [0.25, 0.3) is 0 Å². The maximum Gasteiger partial charge on any atom is 0.156 e. The maximum absolute atomic E-state index is 11.3. The van der Waals surface area contributed by atoms with Gasteiger partial charge < -0.3 is 4.74 Å². The van der Waals surface area contributed by atoms with E-state index in [1.54, 1.807) is 6.92 Å². The highest BCUT2D eigenvalue weighted by molar-refractivity contribution is 9.09. The largest absolute Gasteiger partial charge is 0.379 e. The molecule has 1 fully saturated rings. The SMILES string of the molecule is CCS(=O)(=O)C1COCC1Br. The van der Waals surface area contributed by atoms with Gasteiger partial charge in [0.05, 0.1) is 23.3 Å². The molecule has 1 rings (SSSR count). The van der Waals surface area contributed by atoms with E-state index in [1.807, 2.05) is 0 Å². The van der Waals surface area contributed by atoms with Crippen LogP contribution in [0.15, 0.2) is 0 Å². The van der Waals surface area contributed by atoms with Crippen molar-refractivity contribution < 1.29 is 13.2 Å². The fourth-order valence-corrected chi connectivity index (χ4v) is 3.64. The number of halogens is 1. The molecule has 0 aromatic carbocycles. The molecule has 11 heavy (non-hydrogen) atoms. The van der Waals surface area contributed by atoms with Crippen LogP contribution >= 0.6 is 15.9 Å². The molecular formula is C6H11BrO3S. The molecule has 3 nitrogen and oxygen atoms in total. The number of hydrogen-bond acceptors (Lipinski definition) is 3. The highest BCUT2D eigenvalue weighted by Crippen LogP contribution is 2.21. The molecule has 0 amide bonds. The van der Waals surface area contributed by atoms with Crippen molar-refractivity contribution in [3.63, 3.8) is 0 Å². The van der Waals surface area contributed by atoms with Crippen molar-refractivity contribution in [2.75, 3.05) is 19.0 Å². The Morgan fingerprint density at radius 2 is 2.18 bits per heavy atom. The number of rotatable bonds is 2. The van der Waals surface area contributed by atoms with E-state index >= 15 is 0 Å². The Kier molecular flexibility index (Phi) is 2.94. The Morgan fingerprint density at radius 3 is 2.55 bits per heavy atom. The van der Waals surface area contributed by atoms with Crippen LogP contribution in [-0.4, -0.2) is 37.5 Å². The number of hydrogen-bond donors (Lipinski definition) is 0. The Balaban J connectivity index is 2.75. The van der Waals surface area contributed by atoms with Crippen molar-refractivity contribution in [1.82, 2.24) is 0 Å². The number of sulfone groups is 1. The van der Waals surface area contributed by atoms with Crippen LogP contribution in [0.4, 0.5) is 0 Å². The molecule has 2 atom stereocenters. The second-order valence-corrected chi connectivity index (χ2v) is 6.23.